The minimum atomic E-state index is -0.594. The van der Waals surface area contributed by atoms with Crippen molar-refractivity contribution < 1.29 is 23.7 Å². The van der Waals surface area contributed by atoms with Gasteiger partial charge in [-0.15, -0.1) is 11.6 Å². The Balaban J connectivity index is 1.54. The number of hydrogen-bond donors (Lipinski definition) is 2. The van der Waals surface area contributed by atoms with E-state index in [1.807, 2.05) is 11.0 Å². The second-order valence-electron chi connectivity index (χ2n) is 9.31. The van der Waals surface area contributed by atoms with E-state index in [4.69, 9.17) is 52.1 Å². The third kappa shape index (κ3) is 5.62. The van der Waals surface area contributed by atoms with Crippen LogP contribution in [0.4, 0.5) is 11.8 Å². The number of aromatic nitrogens is 3. The summed E-state index contributed by atoms with van der Waals surface area (Å²) in [5.41, 5.74) is 1.27. The summed E-state index contributed by atoms with van der Waals surface area (Å²) in [6.45, 7) is 6.08. The van der Waals surface area contributed by atoms with Crippen molar-refractivity contribution in [3.63, 3.8) is 0 Å². The molecule has 2 saturated heterocycles. The maximum absolute atomic E-state index is 11.8. The molecule has 4 heterocycles. The highest BCUT2D eigenvalue weighted by Crippen LogP contribution is 2.43. The number of ether oxygens (including phenoxy) is 4. The largest absolute Gasteiger partial charge is 0.499 e. The van der Waals surface area contributed by atoms with Crippen LogP contribution < -0.4 is 15.5 Å². The first-order chi connectivity index (χ1) is 18.9. The van der Waals surface area contributed by atoms with Crippen LogP contribution in [-0.4, -0.2) is 85.6 Å². The number of carbonyl (C=O) groups excluding carboxylic acids is 1. The van der Waals surface area contributed by atoms with Gasteiger partial charge in [0.25, 0.3) is 0 Å². The molecule has 208 valence electrons. The molecule has 2 aromatic rings. The number of nitrogens with one attached hydrogen (secondary N) is 2. The van der Waals surface area contributed by atoms with E-state index in [2.05, 4.69) is 22.2 Å². The average molecular weight is 577 g/mol. The van der Waals surface area contributed by atoms with Gasteiger partial charge in [0, 0.05) is 24.2 Å². The number of methoxy groups -OCH3 is 2. The topological polar surface area (TPSA) is 120 Å². The van der Waals surface area contributed by atoms with Gasteiger partial charge >= 0.3 is 0 Å². The Labute approximate surface area is 236 Å². The molecule has 0 radical (unpaired) electrons. The highest BCUT2D eigenvalue weighted by Gasteiger charge is 2.37. The second kappa shape index (κ2) is 12.0. The van der Waals surface area contributed by atoms with Gasteiger partial charge in [-0.25, -0.2) is 15.0 Å². The molecule has 0 bridgehead atoms. The number of fused-ring (bicyclic) bond motifs is 1. The van der Waals surface area contributed by atoms with Crippen molar-refractivity contribution in [2.75, 3.05) is 57.5 Å². The highest BCUT2D eigenvalue weighted by atomic mass is 35.5. The molecule has 13 heteroatoms. The van der Waals surface area contributed by atoms with E-state index in [0.29, 0.717) is 66.1 Å². The fourth-order valence-electron chi connectivity index (χ4n) is 4.83. The van der Waals surface area contributed by atoms with Gasteiger partial charge in [0.2, 0.25) is 11.9 Å². The zero-order valence-electron chi connectivity index (χ0n) is 21.7. The van der Waals surface area contributed by atoms with Gasteiger partial charge in [-0.3, -0.25) is 4.79 Å². The zero-order chi connectivity index (χ0) is 27.5. The van der Waals surface area contributed by atoms with Crippen molar-refractivity contribution in [2.24, 2.45) is 0 Å². The average Bonchev–Trinajstić information content (AvgIpc) is 3.39. The van der Waals surface area contributed by atoms with Gasteiger partial charge in [-0.05, 0) is 18.6 Å². The number of amides is 1. The van der Waals surface area contributed by atoms with Gasteiger partial charge in [0.15, 0.2) is 5.82 Å². The van der Waals surface area contributed by atoms with Crippen LogP contribution in [0.5, 0.6) is 0 Å². The molecular weight excluding hydrogens is 547 g/mol. The normalized spacial score (nSPS) is 25.3. The molecule has 1 amide bonds. The van der Waals surface area contributed by atoms with Crippen molar-refractivity contribution in [3.05, 3.63) is 53.2 Å². The number of pyridine rings is 1. The van der Waals surface area contributed by atoms with Crippen LogP contribution in [0.3, 0.4) is 0 Å². The van der Waals surface area contributed by atoms with Crippen molar-refractivity contribution >= 4 is 51.8 Å². The zero-order valence-corrected chi connectivity index (χ0v) is 23.2. The third-order valence-corrected chi connectivity index (χ3v) is 7.75. The summed E-state index contributed by atoms with van der Waals surface area (Å²) in [5.74, 6) is 1.24. The van der Waals surface area contributed by atoms with E-state index < -0.39 is 11.3 Å². The quantitative estimate of drug-likeness (QED) is 0.358. The Hall–Kier alpha value is -3.12. The van der Waals surface area contributed by atoms with Crippen LogP contribution in [0.1, 0.15) is 18.0 Å². The summed E-state index contributed by atoms with van der Waals surface area (Å²) in [4.78, 5) is 28.3. The molecule has 0 saturated carbocycles. The molecule has 2 unspecified atom stereocenters. The number of halogens is 2. The van der Waals surface area contributed by atoms with Crippen LogP contribution in [0.15, 0.2) is 47.5 Å². The lowest BCUT2D eigenvalue weighted by Crippen LogP contribution is -2.45. The molecule has 1 aliphatic carbocycles. The van der Waals surface area contributed by atoms with E-state index in [0.717, 1.165) is 18.4 Å². The molecule has 2 fully saturated rings. The molecule has 2 aromatic heterocycles. The van der Waals surface area contributed by atoms with E-state index >= 15 is 0 Å². The van der Waals surface area contributed by atoms with Crippen molar-refractivity contribution in [1.82, 2.24) is 20.3 Å². The minimum Gasteiger partial charge on any atom is -0.499 e. The molecular formula is C26H30Cl2N6O5. The lowest BCUT2D eigenvalue weighted by molar-refractivity contribution is -0.117. The number of rotatable bonds is 8. The first kappa shape index (κ1) is 27.4. The van der Waals surface area contributed by atoms with E-state index in [1.165, 1.54) is 6.08 Å². The Kier molecular flexibility index (Phi) is 8.41. The predicted octanol–water partition coefficient (Wildman–Crippen LogP) is 3.02. The lowest BCUT2D eigenvalue weighted by Gasteiger charge is -2.31. The van der Waals surface area contributed by atoms with Crippen LogP contribution in [0.2, 0.25) is 0 Å². The van der Waals surface area contributed by atoms with Crippen molar-refractivity contribution in [2.45, 2.75) is 29.8 Å². The first-order valence-electron chi connectivity index (χ1n) is 12.5. The Morgan fingerprint density at radius 1 is 1.23 bits per heavy atom. The first-order valence-corrected chi connectivity index (χ1v) is 13.4. The molecule has 0 aromatic carbocycles. The van der Waals surface area contributed by atoms with Crippen molar-refractivity contribution in [3.8, 4) is 0 Å². The lowest BCUT2D eigenvalue weighted by atomic mass is 9.92. The van der Waals surface area contributed by atoms with Crippen LogP contribution in [-0.2, 0) is 23.7 Å². The molecule has 2 aliphatic heterocycles. The summed E-state index contributed by atoms with van der Waals surface area (Å²) in [7, 11) is 3.10. The number of allylic oxidation sites excluding steroid dienone is 3. The number of anilines is 2. The SMILES string of the molecule is C=CC(=O)N[C@H]1COC[C@H]1Nc1ncc2cc(C3C(Cl)=C(OC)C=C(OC)C3Cl)nc(N3CCCOC3)c2n1. The van der Waals surface area contributed by atoms with Gasteiger partial charge in [-0.1, -0.05) is 18.2 Å². The molecule has 2 N–H and O–H groups in total. The van der Waals surface area contributed by atoms with Crippen molar-refractivity contribution in [1.29, 1.82) is 0 Å². The minimum absolute atomic E-state index is 0.213. The van der Waals surface area contributed by atoms with E-state index in [9.17, 15) is 4.79 Å². The molecule has 11 nitrogen and oxygen atoms in total. The van der Waals surface area contributed by atoms with Gasteiger partial charge < -0.3 is 34.5 Å². The number of nitrogens with zero attached hydrogens (tertiary/aromatic N) is 4. The fraction of sp³-hybridized carbons (Fsp3) is 0.462. The Morgan fingerprint density at radius 2 is 2.05 bits per heavy atom. The number of alkyl halides is 1. The fourth-order valence-corrected chi connectivity index (χ4v) is 5.67. The van der Waals surface area contributed by atoms with E-state index in [1.54, 1.807) is 26.5 Å². The van der Waals surface area contributed by atoms with Crippen LogP contribution >= 0.6 is 23.2 Å². The molecule has 39 heavy (non-hydrogen) atoms. The summed E-state index contributed by atoms with van der Waals surface area (Å²) >= 11 is 13.6. The second-order valence-corrected chi connectivity index (χ2v) is 10.2. The van der Waals surface area contributed by atoms with Crippen LogP contribution in [0.25, 0.3) is 10.9 Å². The van der Waals surface area contributed by atoms with Gasteiger partial charge in [0.1, 0.15) is 29.1 Å². The molecule has 5 rings (SSSR count). The van der Waals surface area contributed by atoms with Gasteiger partial charge in [-0.2, -0.15) is 0 Å². The summed E-state index contributed by atoms with van der Waals surface area (Å²) in [5, 5.41) is 6.77. The molecule has 0 spiro atoms. The predicted molar refractivity (Wildman–Crippen MR) is 148 cm³/mol. The highest BCUT2D eigenvalue weighted by molar-refractivity contribution is 6.33. The smallest absolute Gasteiger partial charge is 0.243 e. The van der Waals surface area contributed by atoms with Gasteiger partial charge in [0.05, 0.1) is 62.8 Å². The number of hydrogen-bond acceptors (Lipinski definition) is 10. The monoisotopic (exact) mass is 576 g/mol. The molecule has 4 atom stereocenters. The van der Waals surface area contributed by atoms with Crippen LogP contribution in [0, 0.1) is 0 Å². The standard InChI is InChI=1S/C26H30Cl2N6O5/c1-4-20(35)30-16-11-39-12-17(16)32-26-29-10-14-8-15(21-22(27)18(36-2)9-19(37-3)23(21)28)31-25(24(14)33-26)34-6-5-7-38-13-34/h4,8-10,16-17,21-22H,1,5-7,11-13H2,2-3H3,(H,30,35)(H,29,32,33)/t16-,17+,21?,22?/m0/s1. The molecule has 3 aliphatic rings. The Bertz CT molecular complexity index is 1320. The maximum Gasteiger partial charge on any atom is 0.243 e. The number of carbonyl (C=O) groups is 1. The summed E-state index contributed by atoms with van der Waals surface area (Å²) in [6.07, 6.45) is 5.50. The summed E-state index contributed by atoms with van der Waals surface area (Å²) < 4.78 is 22.3. The summed E-state index contributed by atoms with van der Waals surface area (Å²) in [6, 6.07) is 1.42. The maximum atomic E-state index is 11.8. The van der Waals surface area contributed by atoms with E-state index in [-0.39, 0.29) is 18.0 Å². The third-order valence-electron chi connectivity index (χ3n) is 6.86. The Morgan fingerprint density at radius 3 is 2.77 bits per heavy atom.